The van der Waals surface area contributed by atoms with Gasteiger partial charge in [0.1, 0.15) is 18.5 Å². The summed E-state index contributed by atoms with van der Waals surface area (Å²) in [4.78, 5) is 45.6. The van der Waals surface area contributed by atoms with E-state index in [1.54, 1.807) is 9.80 Å². The highest BCUT2D eigenvalue weighted by atomic mass is 16.5. The van der Waals surface area contributed by atoms with Crippen molar-refractivity contribution in [2.45, 2.75) is 64.2 Å². The van der Waals surface area contributed by atoms with Crippen molar-refractivity contribution in [2.24, 2.45) is 0 Å². The Balaban J connectivity index is 1.19. The molecule has 2 amide bonds. The molecule has 3 aromatic rings. The standard InChI is InChI=1S/C35H42N8O3/c1-23-7-4-8-25-9-5-11-30(32(23)25)40-16-13-28-29(20-40)37-35(46-22-27-10-6-15-39(27)3)38-33(28)41-17-18-42(26(19-41)12-14-36)34(45)31-21-43(31)24(2)44/h4-5,7-9,11,26-27,31H,6,10,12-13,15-22H2,1-3H3/t26-,27-,31+,43?/m0/s1. The molecule has 4 aliphatic heterocycles. The molecule has 4 aliphatic rings. The first-order valence-corrected chi connectivity index (χ1v) is 16.5. The van der Waals surface area contributed by atoms with Crippen molar-refractivity contribution in [3.63, 3.8) is 0 Å². The van der Waals surface area contributed by atoms with E-state index < -0.39 is 6.04 Å². The number of piperazine rings is 1. The number of benzene rings is 2. The van der Waals surface area contributed by atoms with Crippen LogP contribution in [-0.2, 0) is 22.6 Å². The molecule has 3 atom stereocenters. The molecule has 2 aromatic carbocycles. The van der Waals surface area contributed by atoms with Gasteiger partial charge >= 0.3 is 6.01 Å². The van der Waals surface area contributed by atoms with Crippen LogP contribution >= 0.6 is 0 Å². The largest absolute Gasteiger partial charge is 0.462 e. The van der Waals surface area contributed by atoms with E-state index in [0.29, 0.717) is 51.4 Å². The molecule has 11 heteroatoms. The number of fused-ring (bicyclic) bond motifs is 2. The van der Waals surface area contributed by atoms with Crippen LogP contribution in [0.3, 0.4) is 0 Å². The number of aromatic nitrogens is 2. The van der Waals surface area contributed by atoms with Gasteiger partial charge in [-0.2, -0.15) is 15.2 Å². The topological polar surface area (TPSA) is 109 Å². The van der Waals surface area contributed by atoms with Gasteiger partial charge in [-0.3, -0.25) is 9.59 Å². The third-order valence-electron chi connectivity index (χ3n) is 10.2. The number of likely N-dealkylation sites (tertiary alicyclic amines) is 1. The fourth-order valence-corrected chi connectivity index (χ4v) is 7.56. The van der Waals surface area contributed by atoms with Gasteiger partial charge in [0, 0.05) is 55.8 Å². The van der Waals surface area contributed by atoms with Gasteiger partial charge in [0.05, 0.1) is 37.3 Å². The number of ether oxygens (including phenoxy) is 1. The molecule has 11 nitrogen and oxygen atoms in total. The van der Waals surface area contributed by atoms with Gasteiger partial charge in [-0.15, -0.1) is 0 Å². The Hall–Kier alpha value is -4.43. The summed E-state index contributed by atoms with van der Waals surface area (Å²) >= 11 is 0. The molecule has 0 saturated carbocycles. The van der Waals surface area contributed by atoms with E-state index in [4.69, 9.17) is 14.7 Å². The van der Waals surface area contributed by atoms with Gasteiger partial charge in [0.15, 0.2) is 0 Å². The Morgan fingerprint density at radius 1 is 1.00 bits per heavy atom. The maximum Gasteiger partial charge on any atom is 0.318 e. The number of rotatable bonds is 7. The number of amides is 2. The van der Waals surface area contributed by atoms with E-state index in [1.807, 2.05) is 0 Å². The lowest BCUT2D eigenvalue weighted by molar-refractivity contribution is -0.136. The van der Waals surface area contributed by atoms with Crippen molar-refractivity contribution < 1.29 is 14.3 Å². The molecule has 3 fully saturated rings. The molecule has 0 N–H and O–H groups in total. The zero-order valence-electron chi connectivity index (χ0n) is 27.0. The minimum Gasteiger partial charge on any atom is -0.462 e. The molecule has 46 heavy (non-hydrogen) atoms. The van der Waals surface area contributed by atoms with Crippen molar-refractivity contribution in [2.75, 3.05) is 62.7 Å². The van der Waals surface area contributed by atoms with Crippen LogP contribution in [0, 0.1) is 18.3 Å². The fraction of sp³-hybridized carbons (Fsp3) is 0.514. The van der Waals surface area contributed by atoms with Gasteiger partial charge in [0.2, 0.25) is 11.8 Å². The number of hydrogen-bond acceptors (Lipinski definition) is 9. The summed E-state index contributed by atoms with van der Waals surface area (Å²) in [6, 6.07) is 15.2. The van der Waals surface area contributed by atoms with Crippen LogP contribution in [0.1, 0.15) is 43.0 Å². The first-order valence-electron chi connectivity index (χ1n) is 16.5. The van der Waals surface area contributed by atoms with E-state index in [1.165, 1.54) is 28.9 Å². The second-order valence-corrected chi connectivity index (χ2v) is 13.1. The zero-order chi connectivity index (χ0) is 31.9. The molecule has 0 bridgehead atoms. The lowest BCUT2D eigenvalue weighted by atomic mass is 9.99. The lowest BCUT2D eigenvalue weighted by Gasteiger charge is -2.42. The highest BCUT2D eigenvalue weighted by molar-refractivity contribution is 5.97. The molecule has 0 radical (unpaired) electrons. The Morgan fingerprint density at radius 3 is 2.57 bits per heavy atom. The number of nitriles is 1. The van der Waals surface area contributed by atoms with Gasteiger partial charge in [-0.05, 0) is 56.8 Å². The van der Waals surface area contributed by atoms with E-state index in [9.17, 15) is 14.9 Å². The Bertz CT molecular complexity index is 1700. The number of hydrogen-bond donors (Lipinski definition) is 0. The first-order chi connectivity index (χ1) is 22.3. The quantitative estimate of drug-likeness (QED) is 0.367. The number of carbonyl (C=O) groups is 2. The minimum atomic E-state index is -0.408. The summed E-state index contributed by atoms with van der Waals surface area (Å²) in [6.45, 7) is 8.72. The van der Waals surface area contributed by atoms with Crippen molar-refractivity contribution in [1.82, 2.24) is 24.7 Å². The van der Waals surface area contributed by atoms with Crippen LogP contribution in [0.25, 0.3) is 10.8 Å². The molecular formula is C35H42N8O3. The third kappa shape index (κ3) is 5.71. The van der Waals surface area contributed by atoms with Crippen molar-refractivity contribution in [3.8, 4) is 12.1 Å². The molecular weight excluding hydrogens is 580 g/mol. The number of aryl methyl sites for hydroxylation is 1. The summed E-state index contributed by atoms with van der Waals surface area (Å²) in [5.74, 6) is 0.691. The summed E-state index contributed by atoms with van der Waals surface area (Å²) in [5, 5.41) is 12.2. The van der Waals surface area contributed by atoms with Crippen LogP contribution in [0.5, 0.6) is 6.01 Å². The highest BCUT2D eigenvalue weighted by Gasteiger charge is 2.47. The summed E-state index contributed by atoms with van der Waals surface area (Å²) < 4.78 is 6.33. The number of nitrogens with zero attached hydrogens (tertiary/aromatic N) is 8. The first kappa shape index (κ1) is 30.2. The smallest absolute Gasteiger partial charge is 0.318 e. The van der Waals surface area contributed by atoms with Crippen LogP contribution in [0.4, 0.5) is 11.5 Å². The molecule has 240 valence electrons. The second-order valence-electron chi connectivity index (χ2n) is 13.1. The van der Waals surface area contributed by atoms with Crippen LogP contribution < -0.4 is 14.5 Å². The molecule has 3 saturated heterocycles. The highest BCUT2D eigenvalue weighted by Crippen LogP contribution is 2.36. The molecule has 5 heterocycles. The average Bonchev–Trinajstić information content (AvgIpc) is 3.77. The van der Waals surface area contributed by atoms with E-state index in [2.05, 4.69) is 71.1 Å². The van der Waals surface area contributed by atoms with Crippen molar-refractivity contribution in [3.05, 3.63) is 53.2 Å². The SMILES string of the molecule is CC(=O)N1C[C@@H]1C(=O)N1CCN(c2nc(OC[C@@H]3CCCN3C)nc3c2CCN(c2cccc4cccc(C)c24)C3)C[C@@H]1CC#N. The summed E-state index contributed by atoms with van der Waals surface area (Å²) in [6.07, 6.45) is 3.25. The second kappa shape index (κ2) is 12.4. The predicted molar refractivity (Wildman–Crippen MR) is 176 cm³/mol. The van der Waals surface area contributed by atoms with E-state index >= 15 is 0 Å². The van der Waals surface area contributed by atoms with E-state index in [0.717, 1.165) is 49.4 Å². The number of carbonyl (C=O) groups excluding carboxylic acids is 2. The molecule has 0 unspecified atom stereocenters. The zero-order valence-corrected chi connectivity index (χ0v) is 27.0. The molecule has 1 aromatic heterocycles. The van der Waals surface area contributed by atoms with Crippen LogP contribution in [-0.4, -0.2) is 108 Å². The normalized spacial score (nSPS) is 23.0. The number of anilines is 2. The van der Waals surface area contributed by atoms with Gasteiger partial charge in [0.25, 0.3) is 0 Å². The van der Waals surface area contributed by atoms with Gasteiger partial charge in [-0.1, -0.05) is 30.3 Å². The Morgan fingerprint density at radius 2 is 1.83 bits per heavy atom. The fourth-order valence-electron chi connectivity index (χ4n) is 7.56. The average molecular weight is 623 g/mol. The van der Waals surface area contributed by atoms with E-state index in [-0.39, 0.29) is 24.3 Å². The summed E-state index contributed by atoms with van der Waals surface area (Å²) in [7, 11) is 2.14. The summed E-state index contributed by atoms with van der Waals surface area (Å²) in [5.41, 5.74) is 4.53. The minimum absolute atomic E-state index is 0.0643. The van der Waals surface area contributed by atoms with Crippen LogP contribution in [0.15, 0.2) is 36.4 Å². The monoisotopic (exact) mass is 622 g/mol. The Kier molecular flexibility index (Phi) is 8.15. The van der Waals surface area contributed by atoms with Crippen molar-refractivity contribution >= 4 is 34.1 Å². The number of likely N-dealkylation sites (N-methyl/N-ethyl adjacent to an activating group) is 1. The van der Waals surface area contributed by atoms with Crippen LogP contribution in [0.2, 0.25) is 0 Å². The maximum atomic E-state index is 13.4. The molecule has 0 aliphatic carbocycles. The molecule has 0 spiro atoms. The maximum absolute atomic E-state index is 13.4. The van der Waals surface area contributed by atoms with Gasteiger partial charge < -0.3 is 29.2 Å². The van der Waals surface area contributed by atoms with Crippen molar-refractivity contribution in [1.29, 1.82) is 5.26 Å². The van der Waals surface area contributed by atoms with Gasteiger partial charge in [-0.25, -0.2) is 0 Å². The third-order valence-corrected chi connectivity index (χ3v) is 10.2. The molecule has 7 rings (SSSR count). The predicted octanol–water partition coefficient (Wildman–Crippen LogP) is 3.14. The lowest BCUT2D eigenvalue weighted by Crippen LogP contribution is -2.57. The Labute approximate surface area is 270 Å².